The Kier molecular flexibility index (Phi) is 11.0. The van der Waals surface area contributed by atoms with Gasteiger partial charge in [0.2, 0.25) is 0 Å². The Morgan fingerprint density at radius 3 is 2.20 bits per heavy atom. The highest BCUT2D eigenvalue weighted by Crippen LogP contribution is 2.31. The minimum absolute atomic E-state index is 0.0547. The maximum absolute atomic E-state index is 13.9. The van der Waals surface area contributed by atoms with Gasteiger partial charge in [-0.3, -0.25) is 9.69 Å². The highest BCUT2D eigenvalue weighted by atomic mass is 19.1. The molecule has 0 radical (unpaired) electrons. The molecular formula is C34H48FN5O. The van der Waals surface area contributed by atoms with E-state index in [1.807, 2.05) is 21.7 Å². The van der Waals surface area contributed by atoms with E-state index in [1.54, 1.807) is 12.1 Å². The molecule has 0 N–H and O–H groups in total. The molecule has 0 atom stereocenters. The molecular weight excluding hydrogens is 513 g/mol. The van der Waals surface area contributed by atoms with E-state index in [1.165, 1.54) is 37.0 Å². The molecule has 0 saturated carbocycles. The van der Waals surface area contributed by atoms with E-state index in [0.717, 1.165) is 73.8 Å². The second-order valence-corrected chi connectivity index (χ2v) is 11.5. The van der Waals surface area contributed by atoms with Crippen LogP contribution in [0.1, 0.15) is 87.5 Å². The predicted molar refractivity (Wildman–Crippen MR) is 167 cm³/mol. The smallest absolute Gasteiger partial charge is 0.254 e. The number of rotatable bonds is 13. The number of aromatic nitrogens is 2. The molecule has 1 aromatic heterocycles. The van der Waals surface area contributed by atoms with Crippen molar-refractivity contribution in [3.05, 3.63) is 76.7 Å². The van der Waals surface area contributed by atoms with E-state index in [4.69, 9.17) is 5.10 Å². The van der Waals surface area contributed by atoms with Gasteiger partial charge in [0.25, 0.3) is 5.91 Å². The summed E-state index contributed by atoms with van der Waals surface area (Å²) < 4.78 is 15.8. The van der Waals surface area contributed by atoms with Crippen molar-refractivity contribution < 1.29 is 9.18 Å². The van der Waals surface area contributed by atoms with Crippen molar-refractivity contribution in [3.63, 3.8) is 0 Å². The summed E-state index contributed by atoms with van der Waals surface area (Å²) in [5, 5.41) is 5.05. The number of halogens is 1. The average Bonchev–Trinajstić information content (AvgIpc) is 3.35. The highest BCUT2D eigenvalue weighted by molar-refractivity contribution is 5.94. The van der Waals surface area contributed by atoms with Crippen molar-refractivity contribution in [1.82, 2.24) is 19.6 Å². The molecule has 2 aromatic carbocycles. The molecule has 41 heavy (non-hydrogen) atoms. The molecule has 1 fully saturated rings. The molecule has 4 rings (SSSR count). The minimum atomic E-state index is -0.264. The monoisotopic (exact) mass is 561 g/mol. The first-order valence-electron chi connectivity index (χ1n) is 15.6. The van der Waals surface area contributed by atoms with E-state index in [2.05, 4.69) is 56.6 Å². The molecule has 0 aliphatic carbocycles. The summed E-state index contributed by atoms with van der Waals surface area (Å²) in [6.07, 6.45) is 6.29. The van der Waals surface area contributed by atoms with Crippen molar-refractivity contribution >= 4 is 11.7 Å². The Labute approximate surface area is 246 Å². The first-order valence-corrected chi connectivity index (χ1v) is 15.6. The minimum Gasteiger partial charge on any atom is -0.354 e. The molecule has 222 valence electrons. The third-order valence-corrected chi connectivity index (χ3v) is 8.19. The van der Waals surface area contributed by atoms with Crippen LogP contribution in [0.5, 0.6) is 0 Å². The first-order chi connectivity index (χ1) is 19.9. The average molecular weight is 562 g/mol. The van der Waals surface area contributed by atoms with Gasteiger partial charge < -0.3 is 9.80 Å². The zero-order valence-corrected chi connectivity index (χ0v) is 25.7. The fourth-order valence-electron chi connectivity index (χ4n) is 5.76. The lowest BCUT2D eigenvalue weighted by Crippen LogP contribution is -2.49. The Bertz CT molecular complexity index is 1240. The quantitative estimate of drug-likeness (QED) is 0.213. The molecule has 3 aromatic rings. The Morgan fingerprint density at radius 1 is 0.927 bits per heavy atom. The molecule has 1 saturated heterocycles. The van der Waals surface area contributed by atoms with Crippen LogP contribution in [0.3, 0.4) is 0 Å². The lowest BCUT2D eigenvalue weighted by atomic mass is 10.0. The van der Waals surface area contributed by atoms with Crippen LogP contribution in [0.25, 0.3) is 5.69 Å². The lowest BCUT2D eigenvalue weighted by molar-refractivity contribution is 0.0743. The number of benzene rings is 2. The van der Waals surface area contributed by atoms with Crippen LogP contribution in [-0.2, 0) is 19.4 Å². The van der Waals surface area contributed by atoms with E-state index in [-0.39, 0.29) is 11.7 Å². The number of unbranched alkanes of at least 4 members (excludes halogenated alkanes) is 2. The van der Waals surface area contributed by atoms with Crippen LogP contribution in [0.2, 0.25) is 0 Å². The van der Waals surface area contributed by atoms with Gasteiger partial charge in [-0.1, -0.05) is 45.7 Å². The maximum Gasteiger partial charge on any atom is 0.254 e. The molecule has 0 bridgehead atoms. The van der Waals surface area contributed by atoms with Crippen LogP contribution in [0, 0.1) is 5.82 Å². The number of hydrogen-bond acceptors (Lipinski definition) is 4. The summed E-state index contributed by atoms with van der Waals surface area (Å²) in [6, 6.07) is 15.2. The van der Waals surface area contributed by atoms with Crippen molar-refractivity contribution in [2.24, 2.45) is 0 Å². The number of piperazine rings is 1. The molecule has 2 heterocycles. The van der Waals surface area contributed by atoms with E-state index in [9.17, 15) is 9.18 Å². The standard InChI is InChI=1S/C34H48FN5O/c1-6-9-10-11-27-12-14-28(15-13-27)34(41)39(20-7-2)25-31-32(8-3)36-40(30-18-16-29(35)17-19-30)33(31)38-23-21-37(22-24-38)26(4)5/h12-19,26H,6-11,20-25H2,1-5H3. The number of amides is 1. The number of carbonyl (C=O) groups excluding carboxylic acids is 1. The fourth-order valence-corrected chi connectivity index (χ4v) is 5.76. The van der Waals surface area contributed by atoms with Gasteiger partial charge in [0.1, 0.15) is 11.6 Å². The Morgan fingerprint density at radius 2 is 1.61 bits per heavy atom. The first kappa shape index (κ1) is 30.8. The fraction of sp³-hybridized carbons (Fsp3) is 0.529. The molecule has 1 amide bonds. The Balaban J connectivity index is 1.67. The van der Waals surface area contributed by atoms with E-state index < -0.39 is 0 Å². The van der Waals surface area contributed by atoms with Crippen LogP contribution in [0.4, 0.5) is 10.2 Å². The van der Waals surface area contributed by atoms with Gasteiger partial charge in [0, 0.05) is 49.9 Å². The van der Waals surface area contributed by atoms with Crippen LogP contribution < -0.4 is 4.90 Å². The van der Waals surface area contributed by atoms with Gasteiger partial charge in [0.05, 0.1) is 17.9 Å². The topological polar surface area (TPSA) is 44.6 Å². The summed E-state index contributed by atoms with van der Waals surface area (Å²) in [5.41, 5.74) is 4.92. The third-order valence-electron chi connectivity index (χ3n) is 8.19. The number of nitrogens with zero attached hydrogens (tertiary/aromatic N) is 5. The van der Waals surface area contributed by atoms with Crippen molar-refractivity contribution in [1.29, 1.82) is 0 Å². The van der Waals surface area contributed by atoms with Crippen molar-refractivity contribution in [2.45, 2.75) is 85.7 Å². The summed E-state index contributed by atoms with van der Waals surface area (Å²) in [4.78, 5) is 20.7. The summed E-state index contributed by atoms with van der Waals surface area (Å²) in [7, 11) is 0. The van der Waals surface area contributed by atoms with Gasteiger partial charge in [-0.05, 0) is 81.5 Å². The number of carbonyl (C=O) groups is 1. The van der Waals surface area contributed by atoms with Gasteiger partial charge >= 0.3 is 0 Å². The van der Waals surface area contributed by atoms with Crippen LogP contribution in [-0.4, -0.2) is 64.3 Å². The van der Waals surface area contributed by atoms with Crippen molar-refractivity contribution in [3.8, 4) is 5.69 Å². The van der Waals surface area contributed by atoms with Crippen LogP contribution in [0.15, 0.2) is 48.5 Å². The maximum atomic E-state index is 13.9. The normalized spacial score (nSPS) is 14.2. The lowest BCUT2D eigenvalue weighted by Gasteiger charge is -2.38. The van der Waals surface area contributed by atoms with Gasteiger partial charge in [-0.25, -0.2) is 9.07 Å². The van der Waals surface area contributed by atoms with Gasteiger partial charge in [-0.15, -0.1) is 0 Å². The van der Waals surface area contributed by atoms with Gasteiger partial charge in [-0.2, -0.15) is 5.10 Å². The number of anilines is 1. The van der Waals surface area contributed by atoms with E-state index >= 15 is 0 Å². The van der Waals surface area contributed by atoms with E-state index in [0.29, 0.717) is 19.1 Å². The SMILES string of the molecule is CCCCCc1ccc(C(=O)N(CCC)Cc2c(CC)nn(-c3ccc(F)cc3)c2N2CCN(C(C)C)CC2)cc1. The molecule has 0 unspecified atom stereocenters. The third kappa shape index (κ3) is 7.56. The highest BCUT2D eigenvalue weighted by Gasteiger charge is 2.29. The second-order valence-electron chi connectivity index (χ2n) is 11.5. The molecule has 7 heteroatoms. The van der Waals surface area contributed by atoms with Crippen molar-refractivity contribution in [2.75, 3.05) is 37.6 Å². The summed E-state index contributed by atoms with van der Waals surface area (Å²) in [5.74, 6) is 0.816. The molecule has 6 nitrogen and oxygen atoms in total. The number of aryl methyl sites for hydroxylation is 2. The Hall–Kier alpha value is -3.19. The molecule has 1 aliphatic heterocycles. The second kappa shape index (κ2) is 14.6. The summed E-state index contributed by atoms with van der Waals surface area (Å²) in [6.45, 7) is 15.8. The molecule has 0 spiro atoms. The zero-order valence-electron chi connectivity index (χ0n) is 25.7. The zero-order chi connectivity index (χ0) is 29.4. The summed E-state index contributed by atoms with van der Waals surface area (Å²) >= 11 is 0. The number of hydrogen-bond donors (Lipinski definition) is 0. The van der Waals surface area contributed by atoms with Crippen LogP contribution >= 0.6 is 0 Å². The molecule has 1 aliphatic rings. The van der Waals surface area contributed by atoms with Gasteiger partial charge in [0.15, 0.2) is 0 Å². The predicted octanol–water partition coefficient (Wildman–Crippen LogP) is 6.89. The largest absolute Gasteiger partial charge is 0.354 e.